The lowest BCUT2D eigenvalue weighted by Gasteiger charge is -2.23. The van der Waals surface area contributed by atoms with Crippen LogP contribution in [0, 0.1) is 0 Å². The van der Waals surface area contributed by atoms with Gasteiger partial charge in [0.25, 0.3) is 0 Å². The van der Waals surface area contributed by atoms with Gasteiger partial charge in [-0.2, -0.15) is 0 Å². The summed E-state index contributed by atoms with van der Waals surface area (Å²) in [5.74, 6) is 0.912. The first kappa shape index (κ1) is 14.7. The highest BCUT2D eigenvalue weighted by atomic mass is 35.5. The third kappa shape index (κ3) is 4.46. The van der Waals surface area contributed by atoms with Crippen LogP contribution in [0.5, 0.6) is 5.75 Å². The van der Waals surface area contributed by atoms with Gasteiger partial charge in [0.1, 0.15) is 11.4 Å². The van der Waals surface area contributed by atoms with E-state index in [4.69, 9.17) is 16.3 Å². The Morgan fingerprint density at radius 1 is 1.05 bits per heavy atom. The van der Waals surface area contributed by atoms with Crippen molar-refractivity contribution in [2.45, 2.75) is 32.9 Å². The molecular weight excluding hydrogens is 270 g/mol. The smallest absolute Gasteiger partial charge is 0.125 e. The number of benzene rings is 2. The third-order valence-electron chi connectivity index (χ3n) is 2.70. The molecule has 0 aliphatic rings. The van der Waals surface area contributed by atoms with Crippen LogP contribution in [0.4, 0.5) is 5.69 Å². The van der Waals surface area contributed by atoms with Gasteiger partial charge in [-0.1, -0.05) is 35.9 Å². The van der Waals surface area contributed by atoms with Crippen molar-refractivity contribution in [1.29, 1.82) is 0 Å². The monoisotopic (exact) mass is 289 g/mol. The molecule has 20 heavy (non-hydrogen) atoms. The molecule has 0 aliphatic carbocycles. The Hall–Kier alpha value is -1.67. The predicted molar refractivity (Wildman–Crippen MR) is 85.6 cm³/mol. The van der Waals surface area contributed by atoms with Crippen molar-refractivity contribution in [2.75, 3.05) is 5.32 Å². The van der Waals surface area contributed by atoms with Crippen molar-refractivity contribution in [3.8, 4) is 5.75 Å². The van der Waals surface area contributed by atoms with E-state index >= 15 is 0 Å². The normalized spacial score (nSPS) is 11.2. The lowest BCUT2D eigenvalue weighted by atomic mass is 10.1. The fourth-order valence-electron chi connectivity index (χ4n) is 1.88. The molecule has 0 saturated carbocycles. The zero-order valence-electron chi connectivity index (χ0n) is 12.1. The van der Waals surface area contributed by atoms with Gasteiger partial charge in [0.05, 0.1) is 0 Å². The number of hydrogen-bond donors (Lipinski definition) is 1. The van der Waals surface area contributed by atoms with Gasteiger partial charge < -0.3 is 10.1 Å². The van der Waals surface area contributed by atoms with Crippen LogP contribution < -0.4 is 10.1 Å². The van der Waals surface area contributed by atoms with Crippen molar-refractivity contribution in [2.24, 2.45) is 0 Å². The van der Waals surface area contributed by atoms with Crippen molar-refractivity contribution >= 4 is 17.3 Å². The summed E-state index contributed by atoms with van der Waals surface area (Å²) in [5, 5.41) is 4.09. The summed E-state index contributed by atoms with van der Waals surface area (Å²) < 4.78 is 5.98. The molecule has 0 aliphatic heterocycles. The molecule has 2 aromatic carbocycles. The lowest BCUT2D eigenvalue weighted by Crippen LogP contribution is -2.23. The minimum absolute atomic E-state index is 0.202. The van der Waals surface area contributed by atoms with Crippen molar-refractivity contribution < 1.29 is 4.74 Å². The Morgan fingerprint density at radius 2 is 1.80 bits per heavy atom. The molecule has 0 amide bonds. The van der Waals surface area contributed by atoms with Gasteiger partial charge in [-0.05, 0) is 45.0 Å². The van der Waals surface area contributed by atoms with E-state index in [1.54, 1.807) is 0 Å². The summed E-state index contributed by atoms with van der Waals surface area (Å²) in [5.41, 5.74) is 1.93. The number of anilines is 1. The van der Waals surface area contributed by atoms with Crippen LogP contribution in [0.25, 0.3) is 0 Å². The molecule has 2 rings (SSSR count). The fraction of sp³-hybridized carbons (Fsp3) is 0.294. The van der Waals surface area contributed by atoms with Crippen LogP contribution in [0.3, 0.4) is 0 Å². The van der Waals surface area contributed by atoms with E-state index < -0.39 is 0 Å². The molecule has 0 aromatic heterocycles. The molecule has 0 fully saturated rings. The van der Waals surface area contributed by atoms with Gasteiger partial charge in [-0.25, -0.2) is 0 Å². The second-order valence-corrected chi connectivity index (χ2v) is 6.12. The second-order valence-electron chi connectivity index (χ2n) is 5.69. The Morgan fingerprint density at radius 3 is 2.50 bits per heavy atom. The maximum atomic E-state index is 5.98. The van der Waals surface area contributed by atoms with E-state index in [-0.39, 0.29) is 5.60 Å². The van der Waals surface area contributed by atoms with E-state index in [0.717, 1.165) is 22.0 Å². The quantitative estimate of drug-likeness (QED) is 0.842. The first-order valence-electron chi connectivity index (χ1n) is 6.70. The predicted octanol–water partition coefficient (Wildman–Crippen LogP) is 5.13. The van der Waals surface area contributed by atoms with E-state index in [0.29, 0.717) is 6.54 Å². The molecule has 2 aromatic rings. The molecule has 0 saturated heterocycles. The summed E-state index contributed by atoms with van der Waals surface area (Å²) in [6.07, 6.45) is 0. The fourth-order valence-corrected chi connectivity index (χ4v) is 2.07. The molecule has 0 bridgehead atoms. The number of nitrogens with one attached hydrogen (secondary N) is 1. The van der Waals surface area contributed by atoms with Crippen LogP contribution in [0.1, 0.15) is 26.3 Å². The summed E-state index contributed by atoms with van der Waals surface area (Å²) >= 11 is 5.98. The maximum Gasteiger partial charge on any atom is 0.125 e. The lowest BCUT2D eigenvalue weighted by molar-refractivity contribution is 0.129. The minimum Gasteiger partial charge on any atom is -0.488 e. The molecule has 0 heterocycles. The number of hydrogen-bond acceptors (Lipinski definition) is 2. The molecule has 3 heteroatoms. The molecule has 0 atom stereocenters. The average molecular weight is 290 g/mol. The summed E-state index contributed by atoms with van der Waals surface area (Å²) in [6, 6.07) is 15.8. The standard InChI is InChI=1S/C17H20ClNO/c1-17(2,3)20-16-10-5-4-7-13(16)12-19-15-9-6-8-14(18)11-15/h4-11,19H,12H2,1-3H3. The van der Waals surface area contributed by atoms with E-state index in [9.17, 15) is 0 Å². The molecule has 0 radical (unpaired) electrons. The summed E-state index contributed by atoms with van der Waals surface area (Å²) in [6.45, 7) is 6.85. The first-order valence-corrected chi connectivity index (χ1v) is 7.08. The van der Waals surface area contributed by atoms with Gasteiger partial charge in [0, 0.05) is 22.8 Å². The molecular formula is C17H20ClNO. The van der Waals surface area contributed by atoms with E-state index in [2.05, 4.69) is 11.4 Å². The average Bonchev–Trinajstić information content (AvgIpc) is 2.36. The zero-order valence-corrected chi connectivity index (χ0v) is 12.9. The number of rotatable bonds is 4. The van der Waals surface area contributed by atoms with Gasteiger partial charge in [0.15, 0.2) is 0 Å². The van der Waals surface area contributed by atoms with Crippen molar-refractivity contribution in [3.63, 3.8) is 0 Å². The number of halogens is 1. The van der Waals surface area contributed by atoms with Crippen LogP contribution in [-0.4, -0.2) is 5.60 Å². The molecule has 1 N–H and O–H groups in total. The highest BCUT2D eigenvalue weighted by Gasteiger charge is 2.14. The second kappa shape index (κ2) is 6.19. The van der Waals surface area contributed by atoms with E-state index in [1.807, 2.05) is 63.2 Å². The van der Waals surface area contributed by atoms with Crippen LogP contribution in [-0.2, 0) is 6.54 Å². The maximum absolute atomic E-state index is 5.98. The van der Waals surface area contributed by atoms with Gasteiger partial charge in [-0.15, -0.1) is 0 Å². The SMILES string of the molecule is CC(C)(C)Oc1ccccc1CNc1cccc(Cl)c1. The van der Waals surface area contributed by atoms with Gasteiger partial charge >= 0.3 is 0 Å². The molecule has 0 unspecified atom stereocenters. The van der Waals surface area contributed by atoms with Crippen molar-refractivity contribution in [1.82, 2.24) is 0 Å². The highest BCUT2D eigenvalue weighted by molar-refractivity contribution is 6.30. The summed E-state index contributed by atoms with van der Waals surface area (Å²) in [4.78, 5) is 0. The van der Waals surface area contributed by atoms with Crippen LogP contribution >= 0.6 is 11.6 Å². The topological polar surface area (TPSA) is 21.3 Å². The number of ether oxygens (including phenoxy) is 1. The molecule has 0 spiro atoms. The van der Waals surface area contributed by atoms with Crippen molar-refractivity contribution in [3.05, 3.63) is 59.1 Å². The van der Waals surface area contributed by atoms with E-state index in [1.165, 1.54) is 0 Å². The zero-order chi connectivity index (χ0) is 14.6. The van der Waals surface area contributed by atoms with Crippen LogP contribution in [0.15, 0.2) is 48.5 Å². The Kier molecular flexibility index (Phi) is 4.56. The molecule has 106 valence electrons. The summed E-state index contributed by atoms with van der Waals surface area (Å²) in [7, 11) is 0. The third-order valence-corrected chi connectivity index (χ3v) is 2.93. The van der Waals surface area contributed by atoms with Gasteiger partial charge in [-0.3, -0.25) is 0 Å². The van der Waals surface area contributed by atoms with Gasteiger partial charge in [0.2, 0.25) is 0 Å². The Labute approximate surface area is 125 Å². The number of para-hydroxylation sites is 1. The van der Waals surface area contributed by atoms with Crippen LogP contribution in [0.2, 0.25) is 5.02 Å². The highest BCUT2D eigenvalue weighted by Crippen LogP contribution is 2.24. The first-order chi connectivity index (χ1) is 9.44. The Bertz CT molecular complexity index is 575. The largest absolute Gasteiger partial charge is 0.488 e. The Balaban J connectivity index is 2.09. The minimum atomic E-state index is -0.202. The molecule has 2 nitrogen and oxygen atoms in total.